The average Bonchev–Trinajstić information content (AvgIpc) is 2.62. The van der Waals surface area contributed by atoms with Crippen LogP contribution in [-0.2, 0) is 0 Å². The van der Waals surface area contributed by atoms with Gasteiger partial charge in [-0.3, -0.25) is 10.1 Å². The van der Waals surface area contributed by atoms with Crippen LogP contribution in [0.5, 0.6) is 5.75 Å². The number of benzene rings is 2. The molecule has 126 valence electrons. The fourth-order valence-electron chi connectivity index (χ4n) is 2.94. The summed E-state index contributed by atoms with van der Waals surface area (Å²) in [6.45, 7) is 2.60. The van der Waals surface area contributed by atoms with Crippen LogP contribution in [0.1, 0.15) is 0 Å². The van der Waals surface area contributed by atoms with E-state index >= 15 is 0 Å². The number of anilines is 2. The summed E-state index contributed by atoms with van der Waals surface area (Å²) in [5.74, 6) is -0.173. The number of rotatable bonds is 4. The maximum atomic E-state index is 13.9. The Morgan fingerprint density at radius 1 is 1.08 bits per heavy atom. The third-order valence-corrected chi connectivity index (χ3v) is 4.20. The molecule has 0 radical (unpaired) electrons. The van der Waals surface area contributed by atoms with Crippen molar-refractivity contribution in [3.8, 4) is 5.75 Å². The van der Waals surface area contributed by atoms with E-state index in [1.165, 1.54) is 19.2 Å². The highest BCUT2D eigenvalue weighted by Crippen LogP contribution is 2.30. The summed E-state index contributed by atoms with van der Waals surface area (Å²) in [7, 11) is 1.43. The molecule has 0 saturated carbocycles. The van der Waals surface area contributed by atoms with Crippen LogP contribution in [0.2, 0.25) is 0 Å². The smallest absolute Gasteiger partial charge is 0.292 e. The van der Waals surface area contributed by atoms with Crippen LogP contribution in [-0.4, -0.2) is 38.2 Å². The molecular weight excluding hydrogens is 313 g/mol. The van der Waals surface area contributed by atoms with Crippen LogP contribution in [0.3, 0.4) is 0 Å². The molecule has 7 heteroatoms. The molecule has 0 spiro atoms. The lowest BCUT2D eigenvalue weighted by molar-refractivity contribution is -0.384. The van der Waals surface area contributed by atoms with Crippen molar-refractivity contribution in [1.82, 2.24) is 0 Å². The largest absolute Gasteiger partial charge is 0.494 e. The highest BCUT2D eigenvalue weighted by Gasteiger charge is 2.23. The Kier molecular flexibility index (Phi) is 4.50. The number of hydrogen-bond acceptors (Lipinski definition) is 5. The second-order valence-electron chi connectivity index (χ2n) is 5.54. The summed E-state index contributed by atoms with van der Waals surface area (Å²) in [6, 6.07) is 11.6. The van der Waals surface area contributed by atoms with E-state index in [0.29, 0.717) is 31.9 Å². The minimum Gasteiger partial charge on any atom is -0.494 e. The van der Waals surface area contributed by atoms with E-state index in [1.807, 2.05) is 11.0 Å². The monoisotopic (exact) mass is 331 g/mol. The zero-order valence-electron chi connectivity index (χ0n) is 13.3. The first kappa shape index (κ1) is 16.0. The molecule has 0 aromatic heterocycles. The zero-order valence-corrected chi connectivity index (χ0v) is 13.3. The van der Waals surface area contributed by atoms with E-state index in [1.54, 1.807) is 24.3 Å². The fraction of sp³-hybridized carbons (Fsp3) is 0.294. The highest BCUT2D eigenvalue weighted by molar-refractivity contribution is 5.64. The van der Waals surface area contributed by atoms with Gasteiger partial charge in [0.05, 0.1) is 12.0 Å². The summed E-state index contributed by atoms with van der Waals surface area (Å²) in [5.41, 5.74) is 1.53. The number of nitrogens with zero attached hydrogens (tertiary/aromatic N) is 3. The molecule has 1 aliphatic heterocycles. The molecule has 3 rings (SSSR count). The predicted molar refractivity (Wildman–Crippen MR) is 90.5 cm³/mol. The Hall–Kier alpha value is -2.83. The lowest BCUT2D eigenvalue weighted by Crippen LogP contribution is -2.46. The molecule has 24 heavy (non-hydrogen) atoms. The molecule has 2 aromatic rings. The van der Waals surface area contributed by atoms with Crippen molar-refractivity contribution in [2.75, 3.05) is 43.1 Å². The maximum Gasteiger partial charge on any atom is 0.292 e. The number of ether oxygens (including phenoxy) is 1. The number of nitro groups is 1. The fourth-order valence-corrected chi connectivity index (χ4v) is 2.94. The molecule has 2 aromatic carbocycles. The molecule has 0 aliphatic carbocycles. The van der Waals surface area contributed by atoms with Crippen molar-refractivity contribution in [3.05, 3.63) is 58.4 Å². The minimum atomic E-state index is -0.392. The Balaban J connectivity index is 1.72. The Labute approximate surface area is 139 Å². The Morgan fingerprint density at radius 2 is 1.75 bits per heavy atom. The van der Waals surface area contributed by atoms with Gasteiger partial charge in [0.2, 0.25) is 0 Å². The zero-order chi connectivity index (χ0) is 17.1. The quantitative estimate of drug-likeness (QED) is 0.636. The van der Waals surface area contributed by atoms with Crippen LogP contribution < -0.4 is 14.5 Å². The molecule has 6 nitrogen and oxygen atoms in total. The van der Waals surface area contributed by atoms with Gasteiger partial charge in [-0.1, -0.05) is 12.1 Å². The number of halogens is 1. The van der Waals surface area contributed by atoms with Crippen molar-refractivity contribution in [2.24, 2.45) is 0 Å². The number of piperazine rings is 1. The van der Waals surface area contributed by atoms with Gasteiger partial charge in [0.25, 0.3) is 5.69 Å². The van der Waals surface area contributed by atoms with Gasteiger partial charge in [-0.25, -0.2) is 4.39 Å². The predicted octanol–water partition coefficient (Wildman–Crippen LogP) is 3.07. The first-order chi connectivity index (χ1) is 11.6. The summed E-state index contributed by atoms with van der Waals surface area (Å²) in [6.07, 6.45) is 0. The molecule has 0 bridgehead atoms. The third kappa shape index (κ3) is 3.10. The van der Waals surface area contributed by atoms with Gasteiger partial charge in [0.15, 0.2) is 11.6 Å². The van der Waals surface area contributed by atoms with Gasteiger partial charge >= 0.3 is 0 Å². The van der Waals surface area contributed by atoms with Crippen molar-refractivity contribution < 1.29 is 14.1 Å². The van der Waals surface area contributed by atoms with Crippen molar-refractivity contribution in [3.63, 3.8) is 0 Å². The van der Waals surface area contributed by atoms with E-state index < -0.39 is 5.82 Å². The standard InChI is InChI=1S/C17H18FN3O3/c1-24-17-7-6-13(12-14(17)18)19-8-10-20(11-9-19)15-4-2-3-5-16(15)21(22)23/h2-7,12H,8-11H2,1H3. The summed E-state index contributed by atoms with van der Waals surface area (Å²) in [4.78, 5) is 14.9. The maximum absolute atomic E-state index is 13.9. The molecule has 1 heterocycles. The van der Waals surface area contributed by atoms with Gasteiger partial charge in [-0.05, 0) is 18.2 Å². The van der Waals surface area contributed by atoms with E-state index in [0.717, 1.165) is 5.69 Å². The number of nitro benzene ring substituents is 1. The van der Waals surface area contributed by atoms with Gasteiger partial charge in [0.1, 0.15) is 5.69 Å². The van der Waals surface area contributed by atoms with Crippen molar-refractivity contribution in [2.45, 2.75) is 0 Å². The second kappa shape index (κ2) is 6.74. The lowest BCUT2D eigenvalue weighted by Gasteiger charge is -2.37. The first-order valence-corrected chi connectivity index (χ1v) is 7.67. The highest BCUT2D eigenvalue weighted by atomic mass is 19.1. The summed E-state index contributed by atoms with van der Waals surface area (Å²) in [5, 5.41) is 11.2. The van der Waals surface area contributed by atoms with Crippen LogP contribution in [0.15, 0.2) is 42.5 Å². The molecular formula is C17H18FN3O3. The van der Waals surface area contributed by atoms with Gasteiger partial charge in [-0.2, -0.15) is 0 Å². The van der Waals surface area contributed by atoms with Crippen molar-refractivity contribution >= 4 is 17.1 Å². The minimum absolute atomic E-state index is 0.112. The molecule has 1 saturated heterocycles. The van der Waals surface area contributed by atoms with Crippen LogP contribution in [0.4, 0.5) is 21.5 Å². The van der Waals surface area contributed by atoms with E-state index in [-0.39, 0.29) is 16.4 Å². The Morgan fingerprint density at radius 3 is 2.38 bits per heavy atom. The number of methoxy groups -OCH3 is 1. The summed E-state index contributed by atoms with van der Waals surface area (Å²) >= 11 is 0. The topological polar surface area (TPSA) is 58.8 Å². The SMILES string of the molecule is COc1ccc(N2CCN(c3ccccc3[N+](=O)[O-])CC2)cc1F. The van der Waals surface area contributed by atoms with E-state index in [9.17, 15) is 14.5 Å². The second-order valence-corrected chi connectivity index (χ2v) is 5.54. The van der Waals surface area contributed by atoms with E-state index in [4.69, 9.17) is 4.74 Å². The molecule has 0 amide bonds. The molecule has 1 aliphatic rings. The van der Waals surface area contributed by atoms with Crippen LogP contribution in [0, 0.1) is 15.9 Å². The first-order valence-electron chi connectivity index (χ1n) is 7.67. The third-order valence-electron chi connectivity index (χ3n) is 4.20. The average molecular weight is 331 g/mol. The molecule has 0 unspecified atom stereocenters. The van der Waals surface area contributed by atoms with E-state index in [2.05, 4.69) is 4.90 Å². The molecule has 0 atom stereocenters. The molecule has 1 fully saturated rings. The normalized spacial score (nSPS) is 14.6. The van der Waals surface area contributed by atoms with Crippen LogP contribution in [0.25, 0.3) is 0 Å². The Bertz CT molecular complexity index is 746. The molecule has 0 N–H and O–H groups in total. The van der Waals surface area contributed by atoms with Gasteiger partial charge < -0.3 is 14.5 Å². The van der Waals surface area contributed by atoms with Gasteiger partial charge in [0, 0.05) is 44.0 Å². The number of para-hydroxylation sites is 2. The summed E-state index contributed by atoms with van der Waals surface area (Å²) < 4.78 is 18.8. The lowest BCUT2D eigenvalue weighted by atomic mass is 10.2. The van der Waals surface area contributed by atoms with Crippen molar-refractivity contribution in [1.29, 1.82) is 0 Å². The van der Waals surface area contributed by atoms with Crippen LogP contribution >= 0.6 is 0 Å². The number of hydrogen-bond donors (Lipinski definition) is 0. The van der Waals surface area contributed by atoms with Gasteiger partial charge in [-0.15, -0.1) is 0 Å².